The molecular formula is C11H17F3N2O4. The Bertz CT molecular complexity index is 384. The lowest BCUT2D eigenvalue weighted by atomic mass is 10.1. The van der Waals surface area contributed by atoms with Crippen LogP contribution in [-0.2, 0) is 9.53 Å². The molecule has 1 rings (SSSR count). The van der Waals surface area contributed by atoms with Crippen LogP contribution in [0.5, 0.6) is 0 Å². The number of halogens is 3. The Hall–Kier alpha value is -1.51. The molecular weight excluding hydrogens is 281 g/mol. The Kier molecular flexibility index (Phi) is 4.85. The number of urea groups is 1. The Morgan fingerprint density at radius 1 is 1.45 bits per heavy atom. The Morgan fingerprint density at radius 2 is 2.05 bits per heavy atom. The highest BCUT2D eigenvalue weighted by Gasteiger charge is 2.49. The fourth-order valence-electron chi connectivity index (χ4n) is 1.90. The predicted molar refractivity (Wildman–Crippen MR) is 62.2 cm³/mol. The number of alkyl halides is 3. The van der Waals surface area contributed by atoms with Gasteiger partial charge < -0.3 is 20.1 Å². The molecule has 116 valence electrons. The van der Waals surface area contributed by atoms with E-state index < -0.39 is 36.4 Å². The molecule has 1 unspecified atom stereocenters. The number of carboxylic acid groups (broad SMARTS) is 1. The Balaban J connectivity index is 2.64. The molecule has 1 atom stereocenters. The molecule has 0 aromatic carbocycles. The van der Waals surface area contributed by atoms with Gasteiger partial charge in [0.15, 0.2) is 6.10 Å². The number of morpholine rings is 1. The van der Waals surface area contributed by atoms with E-state index in [9.17, 15) is 22.8 Å². The number of nitrogens with one attached hydrogen (secondary N) is 1. The summed E-state index contributed by atoms with van der Waals surface area (Å²) in [6.07, 6.45) is -6.89. The molecule has 0 aromatic heterocycles. The Morgan fingerprint density at radius 3 is 2.55 bits per heavy atom. The third kappa shape index (κ3) is 4.87. The quantitative estimate of drug-likeness (QED) is 0.821. The summed E-state index contributed by atoms with van der Waals surface area (Å²) < 4.78 is 43.1. The third-order valence-electron chi connectivity index (χ3n) is 2.69. The third-order valence-corrected chi connectivity index (χ3v) is 2.69. The summed E-state index contributed by atoms with van der Waals surface area (Å²) in [7, 11) is 0. The topological polar surface area (TPSA) is 78.9 Å². The molecule has 1 fully saturated rings. The standard InChI is InChI=1S/C11H17F3N2O4/c1-10(2)6-16(5-7(20-10)11(12,13)14)9(19)15-4-3-8(17)18/h7H,3-6H2,1-2H3,(H,15,19)(H,17,18). The van der Waals surface area contributed by atoms with Crippen LogP contribution in [0.2, 0.25) is 0 Å². The summed E-state index contributed by atoms with van der Waals surface area (Å²) in [5.41, 5.74) is -1.12. The van der Waals surface area contributed by atoms with Gasteiger partial charge in [-0.15, -0.1) is 0 Å². The van der Waals surface area contributed by atoms with E-state index in [-0.39, 0.29) is 19.5 Å². The zero-order valence-electron chi connectivity index (χ0n) is 11.2. The second-order valence-corrected chi connectivity index (χ2v) is 5.16. The van der Waals surface area contributed by atoms with Crippen molar-refractivity contribution in [1.82, 2.24) is 10.2 Å². The van der Waals surface area contributed by atoms with E-state index >= 15 is 0 Å². The number of amides is 2. The lowest BCUT2D eigenvalue weighted by molar-refractivity contribution is -0.267. The van der Waals surface area contributed by atoms with Gasteiger partial charge in [-0.1, -0.05) is 0 Å². The van der Waals surface area contributed by atoms with Crippen LogP contribution in [-0.4, -0.2) is 59.5 Å². The number of rotatable bonds is 3. The molecule has 1 aliphatic heterocycles. The highest BCUT2D eigenvalue weighted by Crippen LogP contribution is 2.31. The summed E-state index contributed by atoms with van der Waals surface area (Å²) in [5, 5.41) is 10.7. The summed E-state index contributed by atoms with van der Waals surface area (Å²) in [6, 6.07) is -0.725. The summed E-state index contributed by atoms with van der Waals surface area (Å²) >= 11 is 0. The summed E-state index contributed by atoms with van der Waals surface area (Å²) in [6.45, 7) is 2.18. The lowest BCUT2D eigenvalue weighted by Crippen LogP contribution is -2.60. The summed E-state index contributed by atoms with van der Waals surface area (Å²) in [5.74, 6) is -1.10. The largest absolute Gasteiger partial charge is 0.481 e. The van der Waals surface area contributed by atoms with E-state index in [2.05, 4.69) is 5.32 Å². The van der Waals surface area contributed by atoms with Gasteiger partial charge in [0.05, 0.1) is 25.1 Å². The zero-order chi connectivity index (χ0) is 15.6. The molecule has 1 aliphatic rings. The minimum Gasteiger partial charge on any atom is -0.481 e. The molecule has 0 aromatic rings. The van der Waals surface area contributed by atoms with E-state index in [0.717, 1.165) is 4.90 Å². The molecule has 20 heavy (non-hydrogen) atoms. The lowest BCUT2D eigenvalue weighted by Gasteiger charge is -2.43. The number of carbonyl (C=O) groups excluding carboxylic acids is 1. The van der Waals surface area contributed by atoms with Crippen LogP contribution in [0.3, 0.4) is 0 Å². The minimum atomic E-state index is -4.56. The highest BCUT2D eigenvalue weighted by atomic mass is 19.4. The van der Waals surface area contributed by atoms with E-state index in [1.54, 1.807) is 0 Å². The number of aliphatic carboxylic acids is 1. The second kappa shape index (κ2) is 5.86. The first kappa shape index (κ1) is 16.5. The van der Waals surface area contributed by atoms with Crippen molar-refractivity contribution < 1.29 is 32.6 Å². The van der Waals surface area contributed by atoms with Crippen LogP contribution < -0.4 is 5.32 Å². The monoisotopic (exact) mass is 298 g/mol. The molecule has 0 bridgehead atoms. The van der Waals surface area contributed by atoms with Gasteiger partial charge in [0, 0.05) is 6.54 Å². The van der Waals surface area contributed by atoms with Crippen molar-refractivity contribution in [3.63, 3.8) is 0 Å². The van der Waals surface area contributed by atoms with Crippen molar-refractivity contribution in [1.29, 1.82) is 0 Å². The molecule has 1 heterocycles. The fraction of sp³-hybridized carbons (Fsp3) is 0.818. The van der Waals surface area contributed by atoms with Crippen LogP contribution >= 0.6 is 0 Å². The van der Waals surface area contributed by atoms with Crippen LogP contribution in [0.1, 0.15) is 20.3 Å². The van der Waals surface area contributed by atoms with Gasteiger partial charge in [-0.2, -0.15) is 13.2 Å². The van der Waals surface area contributed by atoms with Gasteiger partial charge in [0.2, 0.25) is 0 Å². The molecule has 2 N–H and O–H groups in total. The molecule has 0 saturated carbocycles. The highest BCUT2D eigenvalue weighted by molar-refractivity contribution is 5.75. The zero-order valence-corrected chi connectivity index (χ0v) is 11.2. The molecule has 2 amide bonds. The number of hydrogen-bond acceptors (Lipinski definition) is 3. The smallest absolute Gasteiger partial charge is 0.416 e. The van der Waals surface area contributed by atoms with Crippen LogP contribution in [0, 0.1) is 0 Å². The maximum atomic E-state index is 12.7. The average molecular weight is 298 g/mol. The van der Waals surface area contributed by atoms with Crippen molar-refractivity contribution in [2.24, 2.45) is 0 Å². The van der Waals surface area contributed by atoms with Crippen molar-refractivity contribution in [3.05, 3.63) is 0 Å². The van der Waals surface area contributed by atoms with Crippen molar-refractivity contribution >= 4 is 12.0 Å². The maximum Gasteiger partial charge on any atom is 0.416 e. The van der Waals surface area contributed by atoms with Gasteiger partial charge in [-0.3, -0.25) is 4.79 Å². The molecule has 0 spiro atoms. The summed E-state index contributed by atoms with van der Waals surface area (Å²) in [4.78, 5) is 23.0. The number of carboxylic acids is 1. The molecule has 0 radical (unpaired) electrons. The minimum absolute atomic E-state index is 0.00150. The normalized spacial score (nSPS) is 22.4. The first-order valence-corrected chi connectivity index (χ1v) is 6.00. The van der Waals surface area contributed by atoms with E-state index in [1.807, 2.05) is 0 Å². The van der Waals surface area contributed by atoms with Gasteiger partial charge in [0.1, 0.15) is 0 Å². The van der Waals surface area contributed by atoms with Crippen LogP contribution in [0.15, 0.2) is 0 Å². The molecule has 0 aliphatic carbocycles. The average Bonchev–Trinajstić information content (AvgIpc) is 2.24. The van der Waals surface area contributed by atoms with Crippen LogP contribution in [0.4, 0.5) is 18.0 Å². The number of carbonyl (C=O) groups is 2. The van der Waals surface area contributed by atoms with Gasteiger partial charge in [-0.05, 0) is 13.8 Å². The van der Waals surface area contributed by atoms with Gasteiger partial charge in [0.25, 0.3) is 0 Å². The maximum absolute atomic E-state index is 12.7. The van der Waals surface area contributed by atoms with Crippen molar-refractivity contribution in [3.8, 4) is 0 Å². The van der Waals surface area contributed by atoms with Crippen molar-refractivity contribution in [2.75, 3.05) is 19.6 Å². The van der Waals surface area contributed by atoms with Gasteiger partial charge >= 0.3 is 18.2 Å². The SMILES string of the molecule is CC1(C)CN(C(=O)NCCC(=O)O)CC(C(F)(F)F)O1. The van der Waals surface area contributed by atoms with Crippen molar-refractivity contribution in [2.45, 2.75) is 38.1 Å². The number of hydrogen-bond donors (Lipinski definition) is 2. The van der Waals surface area contributed by atoms with E-state index in [0.29, 0.717) is 0 Å². The second-order valence-electron chi connectivity index (χ2n) is 5.16. The molecule has 9 heteroatoms. The predicted octanol–water partition coefficient (Wildman–Crippen LogP) is 1.21. The Labute approximate surface area is 113 Å². The van der Waals surface area contributed by atoms with Crippen LogP contribution in [0.25, 0.3) is 0 Å². The van der Waals surface area contributed by atoms with E-state index in [1.165, 1.54) is 13.8 Å². The number of nitrogens with zero attached hydrogens (tertiary/aromatic N) is 1. The van der Waals surface area contributed by atoms with Gasteiger partial charge in [-0.25, -0.2) is 4.79 Å². The van der Waals surface area contributed by atoms with E-state index in [4.69, 9.17) is 9.84 Å². The molecule has 6 nitrogen and oxygen atoms in total. The first-order chi connectivity index (χ1) is 9.01. The fourth-order valence-corrected chi connectivity index (χ4v) is 1.90. The first-order valence-electron chi connectivity index (χ1n) is 6.00. The molecule has 1 saturated heterocycles. The number of ether oxygens (including phenoxy) is 1.